The minimum Gasteiger partial charge on any atom is -0.494 e. The lowest BCUT2D eigenvalue weighted by atomic mass is 10.1. The van der Waals surface area contributed by atoms with E-state index in [-0.39, 0.29) is 5.92 Å². The molecule has 0 aliphatic rings. The highest BCUT2D eigenvalue weighted by molar-refractivity contribution is 5.69. The van der Waals surface area contributed by atoms with Crippen LogP contribution in [0.2, 0.25) is 0 Å². The van der Waals surface area contributed by atoms with Crippen LogP contribution in [0, 0.1) is 19.8 Å². The van der Waals surface area contributed by atoms with E-state index in [1.54, 1.807) is 6.92 Å². The van der Waals surface area contributed by atoms with Crippen molar-refractivity contribution in [1.82, 2.24) is 4.90 Å². The summed E-state index contributed by atoms with van der Waals surface area (Å²) in [6.07, 6.45) is 0.896. The summed E-state index contributed by atoms with van der Waals surface area (Å²) >= 11 is 0. The number of hydrogen-bond acceptors (Lipinski definition) is 3. The number of ether oxygens (including phenoxy) is 1. The first-order valence-electron chi connectivity index (χ1n) is 7.58. The molecule has 0 aliphatic heterocycles. The van der Waals surface area contributed by atoms with Crippen LogP contribution in [-0.4, -0.2) is 42.2 Å². The second-order valence-electron chi connectivity index (χ2n) is 5.66. The molecule has 0 spiro atoms. The molecule has 0 bridgehead atoms. The zero-order valence-electron chi connectivity index (χ0n) is 13.6. The second-order valence-corrected chi connectivity index (χ2v) is 5.66. The van der Waals surface area contributed by atoms with Crippen LogP contribution in [-0.2, 0) is 4.79 Å². The van der Waals surface area contributed by atoms with E-state index < -0.39 is 5.97 Å². The van der Waals surface area contributed by atoms with E-state index in [4.69, 9.17) is 9.84 Å². The Labute approximate surface area is 127 Å². The van der Waals surface area contributed by atoms with Gasteiger partial charge in [0.15, 0.2) is 0 Å². The molecule has 21 heavy (non-hydrogen) atoms. The van der Waals surface area contributed by atoms with Crippen LogP contribution in [0.4, 0.5) is 0 Å². The average Bonchev–Trinajstić information content (AvgIpc) is 2.40. The molecular formula is C17H27NO3. The number of carboxylic acid groups (broad SMARTS) is 1. The number of rotatable bonds is 9. The van der Waals surface area contributed by atoms with Crippen molar-refractivity contribution in [2.24, 2.45) is 5.92 Å². The third-order valence-electron chi connectivity index (χ3n) is 3.48. The van der Waals surface area contributed by atoms with E-state index in [0.717, 1.165) is 25.3 Å². The van der Waals surface area contributed by atoms with Gasteiger partial charge in [0.25, 0.3) is 0 Å². The zero-order valence-corrected chi connectivity index (χ0v) is 13.6. The summed E-state index contributed by atoms with van der Waals surface area (Å²) in [5.74, 6) is -0.153. The Morgan fingerprint density at radius 1 is 1.29 bits per heavy atom. The van der Waals surface area contributed by atoms with Crippen molar-refractivity contribution in [3.63, 3.8) is 0 Å². The highest BCUT2D eigenvalue weighted by Gasteiger charge is 2.14. The van der Waals surface area contributed by atoms with E-state index in [1.807, 2.05) is 12.1 Å². The number of aryl methyl sites for hydroxylation is 2. The molecule has 0 fully saturated rings. The largest absolute Gasteiger partial charge is 0.494 e. The molecule has 118 valence electrons. The number of hydrogen-bond donors (Lipinski definition) is 1. The van der Waals surface area contributed by atoms with E-state index in [0.29, 0.717) is 13.2 Å². The Kier molecular flexibility index (Phi) is 7.23. The molecule has 0 heterocycles. The highest BCUT2D eigenvalue weighted by atomic mass is 16.5. The number of benzene rings is 1. The smallest absolute Gasteiger partial charge is 0.307 e. The lowest BCUT2D eigenvalue weighted by Crippen LogP contribution is -2.33. The Morgan fingerprint density at radius 3 is 2.43 bits per heavy atom. The van der Waals surface area contributed by atoms with Gasteiger partial charge < -0.3 is 14.7 Å². The Balaban J connectivity index is 2.33. The number of carbonyl (C=O) groups is 1. The second kappa shape index (κ2) is 8.67. The molecule has 4 heteroatoms. The van der Waals surface area contributed by atoms with Gasteiger partial charge in [-0.05, 0) is 50.1 Å². The first-order chi connectivity index (χ1) is 9.92. The summed E-state index contributed by atoms with van der Waals surface area (Å²) in [7, 11) is 0. The predicted octanol–water partition coefficient (Wildman–Crippen LogP) is 3.11. The van der Waals surface area contributed by atoms with Crippen molar-refractivity contribution in [3.8, 4) is 5.75 Å². The molecule has 1 atom stereocenters. The Bertz CT molecular complexity index is 439. The van der Waals surface area contributed by atoms with Gasteiger partial charge in [-0.1, -0.05) is 19.9 Å². The van der Waals surface area contributed by atoms with Crippen molar-refractivity contribution >= 4 is 5.97 Å². The molecule has 0 aliphatic carbocycles. The van der Waals surface area contributed by atoms with Crippen LogP contribution in [0.5, 0.6) is 5.75 Å². The van der Waals surface area contributed by atoms with Crippen LogP contribution in [0.25, 0.3) is 0 Å². The van der Waals surface area contributed by atoms with Gasteiger partial charge in [0, 0.05) is 13.1 Å². The van der Waals surface area contributed by atoms with Crippen molar-refractivity contribution in [2.75, 3.05) is 26.2 Å². The zero-order chi connectivity index (χ0) is 15.8. The summed E-state index contributed by atoms with van der Waals surface area (Å²) in [6.45, 7) is 10.9. The van der Waals surface area contributed by atoms with Gasteiger partial charge >= 0.3 is 5.97 Å². The predicted molar refractivity (Wildman–Crippen MR) is 84.9 cm³/mol. The lowest BCUT2D eigenvalue weighted by molar-refractivity contribution is -0.141. The Hall–Kier alpha value is -1.55. The van der Waals surface area contributed by atoms with Gasteiger partial charge in [0.1, 0.15) is 5.75 Å². The fraction of sp³-hybridized carbons (Fsp3) is 0.588. The van der Waals surface area contributed by atoms with E-state index >= 15 is 0 Å². The van der Waals surface area contributed by atoms with Crippen LogP contribution in [0.3, 0.4) is 0 Å². The van der Waals surface area contributed by atoms with Crippen LogP contribution in [0.1, 0.15) is 31.4 Å². The minimum atomic E-state index is -0.736. The van der Waals surface area contributed by atoms with Crippen molar-refractivity contribution in [1.29, 1.82) is 0 Å². The van der Waals surface area contributed by atoms with Gasteiger partial charge in [0.05, 0.1) is 12.5 Å². The van der Waals surface area contributed by atoms with Gasteiger partial charge in [-0.15, -0.1) is 0 Å². The van der Waals surface area contributed by atoms with E-state index in [1.165, 1.54) is 11.1 Å². The molecule has 0 saturated heterocycles. The number of carboxylic acids is 1. The van der Waals surface area contributed by atoms with Gasteiger partial charge in [-0.3, -0.25) is 4.79 Å². The lowest BCUT2D eigenvalue weighted by Gasteiger charge is -2.22. The summed E-state index contributed by atoms with van der Waals surface area (Å²) in [5.41, 5.74) is 2.41. The topological polar surface area (TPSA) is 49.8 Å². The molecule has 0 aromatic heterocycles. The first kappa shape index (κ1) is 17.5. The fourth-order valence-electron chi connectivity index (χ4n) is 2.34. The monoisotopic (exact) mass is 293 g/mol. The quantitative estimate of drug-likeness (QED) is 0.711. The van der Waals surface area contributed by atoms with Crippen LogP contribution < -0.4 is 4.74 Å². The normalized spacial score (nSPS) is 12.4. The van der Waals surface area contributed by atoms with Crippen LogP contribution >= 0.6 is 0 Å². The average molecular weight is 293 g/mol. The molecule has 1 rings (SSSR count). The summed E-state index contributed by atoms with van der Waals surface area (Å²) in [4.78, 5) is 13.0. The fourth-order valence-corrected chi connectivity index (χ4v) is 2.34. The van der Waals surface area contributed by atoms with Crippen molar-refractivity contribution < 1.29 is 14.6 Å². The Morgan fingerprint density at radius 2 is 1.90 bits per heavy atom. The minimum absolute atomic E-state index is 0.328. The van der Waals surface area contributed by atoms with Crippen molar-refractivity contribution in [3.05, 3.63) is 29.3 Å². The maximum atomic E-state index is 10.9. The molecule has 1 aromatic rings. The molecule has 0 radical (unpaired) electrons. The number of nitrogens with zero attached hydrogens (tertiary/aromatic N) is 1. The molecule has 1 N–H and O–H groups in total. The molecule has 4 nitrogen and oxygen atoms in total. The first-order valence-corrected chi connectivity index (χ1v) is 7.58. The van der Waals surface area contributed by atoms with Crippen LogP contribution in [0.15, 0.2) is 18.2 Å². The maximum Gasteiger partial charge on any atom is 0.307 e. The summed E-state index contributed by atoms with van der Waals surface area (Å²) < 4.78 is 5.77. The molecule has 0 saturated carbocycles. The summed E-state index contributed by atoms with van der Waals surface area (Å²) in [6, 6.07) is 6.20. The molecule has 1 unspecified atom stereocenters. The third kappa shape index (κ3) is 6.63. The summed E-state index contributed by atoms with van der Waals surface area (Å²) in [5, 5.41) is 8.95. The van der Waals surface area contributed by atoms with Gasteiger partial charge in [-0.2, -0.15) is 0 Å². The standard InChI is InChI=1S/C17H27NO3/c1-5-18(12-15(4)17(19)20)7-6-8-21-16-10-13(2)9-14(3)11-16/h9-11,15H,5-8,12H2,1-4H3,(H,19,20). The molecule has 0 amide bonds. The highest BCUT2D eigenvalue weighted by Crippen LogP contribution is 2.16. The maximum absolute atomic E-state index is 10.9. The third-order valence-corrected chi connectivity index (χ3v) is 3.48. The van der Waals surface area contributed by atoms with E-state index in [9.17, 15) is 4.79 Å². The van der Waals surface area contributed by atoms with Crippen molar-refractivity contribution in [2.45, 2.75) is 34.1 Å². The van der Waals surface area contributed by atoms with Gasteiger partial charge in [0.2, 0.25) is 0 Å². The SMILES string of the molecule is CCN(CCCOc1cc(C)cc(C)c1)CC(C)C(=O)O. The molecule has 1 aromatic carbocycles. The van der Waals surface area contributed by atoms with Gasteiger partial charge in [-0.25, -0.2) is 0 Å². The molecular weight excluding hydrogens is 266 g/mol. The number of aliphatic carboxylic acids is 1. The van der Waals surface area contributed by atoms with E-state index in [2.05, 4.69) is 31.7 Å².